The van der Waals surface area contributed by atoms with Crippen LogP contribution < -0.4 is 5.73 Å². The lowest BCUT2D eigenvalue weighted by Gasteiger charge is -2.14. The second kappa shape index (κ2) is 4.13. The van der Waals surface area contributed by atoms with Crippen molar-refractivity contribution in [3.05, 3.63) is 22.4 Å². The summed E-state index contributed by atoms with van der Waals surface area (Å²) in [5, 5.41) is 0. The molecule has 0 amide bonds. The molecule has 0 bridgehead atoms. The van der Waals surface area contributed by atoms with Crippen molar-refractivity contribution in [2.45, 2.75) is 24.1 Å². The molecule has 1 fully saturated rings. The van der Waals surface area contributed by atoms with Crippen molar-refractivity contribution in [3.8, 4) is 0 Å². The maximum Gasteiger partial charge on any atom is 0.201 e. The Morgan fingerprint density at radius 3 is 2.89 bits per heavy atom. The molecule has 0 unspecified atom stereocenters. The molecule has 3 rings (SSSR count). The Morgan fingerprint density at radius 1 is 1.56 bits per heavy atom. The first-order valence-electron chi connectivity index (χ1n) is 5.71. The summed E-state index contributed by atoms with van der Waals surface area (Å²) in [7, 11) is 0. The second-order valence-corrected chi connectivity index (χ2v) is 6.83. The number of nitrogens with zero attached hydrogens (tertiary/aromatic N) is 2. The van der Waals surface area contributed by atoms with Crippen molar-refractivity contribution in [1.29, 1.82) is 0 Å². The van der Waals surface area contributed by atoms with E-state index in [0.29, 0.717) is 10.4 Å². The molecule has 2 N–H and O–H groups in total. The number of anilines is 1. The Labute approximate surface area is 117 Å². The quantitative estimate of drug-likeness (QED) is 0.938. The van der Waals surface area contributed by atoms with Crippen LogP contribution >= 0.6 is 27.7 Å². The molecule has 6 heteroatoms. The van der Waals surface area contributed by atoms with Gasteiger partial charge in [0.2, 0.25) is 5.95 Å². The number of nitrogens with two attached hydrogens (primary N) is 1. The summed E-state index contributed by atoms with van der Waals surface area (Å²) in [6, 6.07) is 3.18. The maximum absolute atomic E-state index is 13.6. The molecule has 2 aromatic rings. The van der Waals surface area contributed by atoms with Crippen molar-refractivity contribution in [2.24, 2.45) is 0 Å². The molecule has 18 heavy (non-hydrogen) atoms. The van der Waals surface area contributed by atoms with E-state index in [2.05, 4.69) is 27.2 Å². The number of aromatic nitrogens is 2. The Kier molecular flexibility index (Phi) is 2.82. The lowest BCUT2D eigenvalue weighted by atomic mass is 10.3. The fourth-order valence-electron chi connectivity index (χ4n) is 2.16. The van der Waals surface area contributed by atoms with E-state index in [1.807, 2.05) is 16.3 Å². The highest BCUT2D eigenvalue weighted by atomic mass is 79.9. The van der Waals surface area contributed by atoms with Gasteiger partial charge in [-0.3, -0.25) is 0 Å². The SMILES string of the molecule is CSC1(Cn2c(N)nc3cc(Br)c(F)cc32)CC1. The molecule has 0 atom stereocenters. The minimum Gasteiger partial charge on any atom is -0.369 e. The van der Waals surface area contributed by atoms with Gasteiger partial charge in [0.15, 0.2) is 0 Å². The van der Waals surface area contributed by atoms with E-state index in [9.17, 15) is 4.39 Å². The topological polar surface area (TPSA) is 43.8 Å². The van der Waals surface area contributed by atoms with Gasteiger partial charge in [-0.05, 0) is 41.1 Å². The zero-order valence-corrected chi connectivity index (χ0v) is 12.3. The lowest BCUT2D eigenvalue weighted by molar-refractivity contribution is 0.620. The van der Waals surface area contributed by atoms with Gasteiger partial charge in [0.1, 0.15) is 5.82 Å². The van der Waals surface area contributed by atoms with Crippen LogP contribution in [0.3, 0.4) is 0 Å². The summed E-state index contributed by atoms with van der Waals surface area (Å²) in [4.78, 5) is 4.30. The number of hydrogen-bond donors (Lipinski definition) is 1. The average Bonchev–Trinajstić information content (AvgIpc) is 3.05. The van der Waals surface area contributed by atoms with Crippen molar-refractivity contribution in [1.82, 2.24) is 9.55 Å². The number of benzene rings is 1. The summed E-state index contributed by atoms with van der Waals surface area (Å²) < 4.78 is 16.3. The highest BCUT2D eigenvalue weighted by molar-refractivity contribution is 9.10. The molecule has 1 aromatic carbocycles. The molecule has 1 heterocycles. The molecule has 0 aliphatic heterocycles. The fraction of sp³-hybridized carbons (Fsp3) is 0.417. The number of imidazole rings is 1. The molecule has 0 spiro atoms. The van der Waals surface area contributed by atoms with E-state index in [1.165, 1.54) is 18.9 Å². The van der Waals surface area contributed by atoms with E-state index >= 15 is 0 Å². The van der Waals surface area contributed by atoms with Gasteiger partial charge in [-0.2, -0.15) is 11.8 Å². The molecular formula is C12H13BrFN3S. The molecule has 3 nitrogen and oxygen atoms in total. The smallest absolute Gasteiger partial charge is 0.201 e. The van der Waals surface area contributed by atoms with Crippen LogP contribution in [0.15, 0.2) is 16.6 Å². The number of halogens is 2. The lowest BCUT2D eigenvalue weighted by Crippen LogP contribution is -2.15. The molecule has 96 valence electrons. The normalized spacial score (nSPS) is 17.3. The van der Waals surface area contributed by atoms with Crippen molar-refractivity contribution in [2.75, 3.05) is 12.0 Å². The van der Waals surface area contributed by atoms with Crippen LogP contribution in [0.2, 0.25) is 0 Å². The zero-order valence-electron chi connectivity index (χ0n) is 9.91. The second-order valence-electron chi connectivity index (χ2n) is 4.70. The predicted octanol–water partition coefficient (Wildman–Crippen LogP) is 3.42. The van der Waals surface area contributed by atoms with Gasteiger partial charge in [0.05, 0.1) is 15.5 Å². The van der Waals surface area contributed by atoms with Crippen molar-refractivity contribution in [3.63, 3.8) is 0 Å². The number of fused-ring (bicyclic) bond motifs is 1. The van der Waals surface area contributed by atoms with Gasteiger partial charge in [-0.15, -0.1) is 0 Å². The van der Waals surface area contributed by atoms with Crippen LogP contribution in [0.25, 0.3) is 11.0 Å². The van der Waals surface area contributed by atoms with E-state index in [-0.39, 0.29) is 10.6 Å². The maximum atomic E-state index is 13.6. The van der Waals surface area contributed by atoms with Crippen LogP contribution in [-0.4, -0.2) is 20.6 Å². The number of rotatable bonds is 3. The third kappa shape index (κ3) is 1.91. The summed E-state index contributed by atoms with van der Waals surface area (Å²) in [6.45, 7) is 0.803. The van der Waals surface area contributed by atoms with Crippen LogP contribution in [0.4, 0.5) is 10.3 Å². The van der Waals surface area contributed by atoms with Crippen LogP contribution in [0, 0.1) is 5.82 Å². The molecule has 1 saturated carbocycles. The van der Waals surface area contributed by atoms with Gasteiger partial charge >= 0.3 is 0 Å². The minimum atomic E-state index is -0.280. The Balaban J connectivity index is 2.10. The zero-order chi connectivity index (χ0) is 12.9. The number of thioether (sulfide) groups is 1. The summed E-state index contributed by atoms with van der Waals surface area (Å²) >= 11 is 5.02. The van der Waals surface area contributed by atoms with Crippen LogP contribution in [-0.2, 0) is 6.54 Å². The number of hydrogen-bond acceptors (Lipinski definition) is 3. The number of nitrogen functional groups attached to an aromatic ring is 1. The van der Waals surface area contributed by atoms with Crippen LogP contribution in [0.5, 0.6) is 0 Å². The first kappa shape index (κ1) is 12.3. The van der Waals surface area contributed by atoms with Gasteiger partial charge in [0, 0.05) is 17.4 Å². The van der Waals surface area contributed by atoms with Gasteiger partial charge < -0.3 is 10.3 Å². The van der Waals surface area contributed by atoms with E-state index < -0.39 is 0 Å². The standard InChI is InChI=1S/C12H13BrFN3S/c1-18-12(2-3-12)6-17-10-5-8(14)7(13)4-9(10)16-11(17)15/h4-5H,2-3,6H2,1H3,(H2,15,16). The van der Waals surface area contributed by atoms with Crippen LogP contribution in [0.1, 0.15) is 12.8 Å². The summed E-state index contributed by atoms with van der Waals surface area (Å²) in [5.74, 6) is 0.181. The highest BCUT2D eigenvalue weighted by Gasteiger charge is 2.42. The van der Waals surface area contributed by atoms with E-state index in [4.69, 9.17) is 5.73 Å². The monoisotopic (exact) mass is 329 g/mol. The minimum absolute atomic E-state index is 0.269. The Bertz CT molecular complexity index is 621. The molecule has 1 aliphatic carbocycles. The molecular weight excluding hydrogens is 317 g/mol. The Morgan fingerprint density at radius 2 is 2.28 bits per heavy atom. The highest BCUT2D eigenvalue weighted by Crippen LogP contribution is 2.49. The Hall–Kier alpha value is -0.750. The third-order valence-corrected chi connectivity index (χ3v) is 5.52. The fourth-order valence-corrected chi connectivity index (χ4v) is 3.26. The van der Waals surface area contributed by atoms with Crippen molar-refractivity contribution < 1.29 is 4.39 Å². The van der Waals surface area contributed by atoms with Gasteiger partial charge in [-0.1, -0.05) is 0 Å². The van der Waals surface area contributed by atoms with Gasteiger partial charge in [0.25, 0.3) is 0 Å². The van der Waals surface area contributed by atoms with E-state index in [0.717, 1.165) is 17.6 Å². The van der Waals surface area contributed by atoms with Gasteiger partial charge in [-0.25, -0.2) is 9.37 Å². The molecule has 1 aliphatic rings. The summed E-state index contributed by atoms with van der Waals surface area (Å²) in [6.07, 6.45) is 4.48. The molecule has 1 aromatic heterocycles. The predicted molar refractivity (Wildman–Crippen MR) is 77.3 cm³/mol. The summed E-state index contributed by atoms with van der Waals surface area (Å²) in [5.41, 5.74) is 7.45. The molecule has 0 radical (unpaired) electrons. The third-order valence-electron chi connectivity index (χ3n) is 3.51. The largest absolute Gasteiger partial charge is 0.369 e. The van der Waals surface area contributed by atoms with Crippen molar-refractivity contribution >= 4 is 44.7 Å². The first-order chi connectivity index (χ1) is 8.54. The van der Waals surface area contributed by atoms with E-state index in [1.54, 1.807) is 6.07 Å². The first-order valence-corrected chi connectivity index (χ1v) is 7.72. The molecule has 0 saturated heterocycles. The average molecular weight is 330 g/mol.